The Morgan fingerprint density at radius 3 is 2.32 bits per heavy atom. The van der Waals surface area contributed by atoms with Crippen molar-refractivity contribution in [3.8, 4) is 0 Å². The van der Waals surface area contributed by atoms with Crippen LogP contribution in [0.25, 0.3) is 0 Å². The molecule has 1 aliphatic heterocycles. The lowest BCUT2D eigenvalue weighted by Crippen LogP contribution is -2.24. The van der Waals surface area contributed by atoms with Crippen LogP contribution in [0.2, 0.25) is 5.02 Å². The zero-order valence-electron chi connectivity index (χ0n) is 15.3. The molecule has 0 aliphatic carbocycles. The van der Waals surface area contributed by atoms with Gasteiger partial charge in [0.25, 0.3) is 5.69 Å². The largest absolute Gasteiger partial charge is 0.451 e. The number of ketones is 1. The smallest absolute Gasteiger partial charge is 0.339 e. The number of carbonyl (C=O) groups excluding carboxylic acids is 2. The molecule has 1 heterocycles. The molecule has 1 aliphatic rings. The molecule has 1 fully saturated rings. The van der Waals surface area contributed by atoms with Gasteiger partial charge in [-0.25, -0.2) is 4.79 Å². The number of rotatable bonds is 6. The number of Topliss-reactive ketones (excluding diaryl/α,β-unsaturated/α-hetero) is 1. The number of benzene rings is 2. The second kappa shape index (κ2) is 8.39. The molecule has 0 saturated carbocycles. The minimum atomic E-state index is -1.04. The number of anilines is 1. The molecule has 0 N–H and O–H groups in total. The molecular formula is C20H19ClN2O5. The van der Waals surface area contributed by atoms with Crippen molar-refractivity contribution in [1.82, 2.24) is 0 Å². The van der Waals surface area contributed by atoms with Crippen molar-refractivity contribution in [2.75, 3.05) is 18.0 Å². The first-order chi connectivity index (χ1) is 13.4. The average Bonchev–Trinajstić information content (AvgIpc) is 3.22. The van der Waals surface area contributed by atoms with Gasteiger partial charge in [0.05, 0.1) is 10.5 Å². The molecule has 28 heavy (non-hydrogen) atoms. The standard InChI is InChI=1S/C20H19ClN2O5/c1-13(19(24)14-4-7-16(21)8-5-14)28-20(25)15-6-9-17(18(12-15)23(26)27)22-10-2-3-11-22/h4-9,12-13H,2-3,10-11H2,1H3/t13-/m1/s1. The third kappa shape index (κ3) is 4.31. The van der Waals surface area contributed by atoms with Crippen LogP contribution in [0.15, 0.2) is 42.5 Å². The Balaban J connectivity index is 1.76. The molecule has 0 aromatic heterocycles. The van der Waals surface area contributed by atoms with Gasteiger partial charge < -0.3 is 9.64 Å². The maximum absolute atomic E-state index is 12.4. The molecule has 7 nitrogen and oxygen atoms in total. The Bertz CT molecular complexity index is 907. The van der Waals surface area contributed by atoms with Crippen LogP contribution < -0.4 is 4.90 Å². The highest BCUT2D eigenvalue weighted by Gasteiger charge is 2.26. The van der Waals surface area contributed by atoms with Crippen LogP contribution in [0.5, 0.6) is 0 Å². The summed E-state index contributed by atoms with van der Waals surface area (Å²) in [5.41, 5.74) is 0.739. The Labute approximate surface area is 167 Å². The highest BCUT2D eigenvalue weighted by molar-refractivity contribution is 6.30. The Morgan fingerprint density at radius 1 is 1.11 bits per heavy atom. The highest BCUT2D eigenvalue weighted by atomic mass is 35.5. The summed E-state index contributed by atoms with van der Waals surface area (Å²) in [6.07, 6.45) is 0.919. The van der Waals surface area contributed by atoms with E-state index >= 15 is 0 Å². The minimum Gasteiger partial charge on any atom is -0.451 e. The van der Waals surface area contributed by atoms with Gasteiger partial charge in [-0.1, -0.05) is 11.6 Å². The zero-order valence-corrected chi connectivity index (χ0v) is 16.0. The van der Waals surface area contributed by atoms with Crippen molar-refractivity contribution in [2.24, 2.45) is 0 Å². The van der Waals surface area contributed by atoms with Crippen molar-refractivity contribution >= 4 is 34.7 Å². The molecular weight excluding hydrogens is 384 g/mol. The monoisotopic (exact) mass is 402 g/mol. The Kier molecular flexibility index (Phi) is 5.94. The topological polar surface area (TPSA) is 89.8 Å². The van der Waals surface area contributed by atoms with Gasteiger partial charge >= 0.3 is 5.97 Å². The van der Waals surface area contributed by atoms with E-state index in [9.17, 15) is 19.7 Å². The molecule has 0 amide bonds. The van der Waals surface area contributed by atoms with Crippen molar-refractivity contribution in [3.05, 3.63) is 68.7 Å². The number of carbonyl (C=O) groups is 2. The van der Waals surface area contributed by atoms with E-state index in [-0.39, 0.29) is 17.0 Å². The Morgan fingerprint density at radius 2 is 1.71 bits per heavy atom. The predicted molar refractivity (Wildman–Crippen MR) is 105 cm³/mol. The molecule has 3 rings (SSSR count). The number of nitro groups is 1. The van der Waals surface area contributed by atoms with E-state index in [1.165, 1.54) is 19.1 Å². The van der Waals surface area contributed by atoms with Gasteiger partial charge in [0.2, 0.25) is 5.78 Å². The zero-order chi connectivity index (χ0) is 20.3. The molecule has 146 valence electrons. The van der Waals surface area contributed by atoms with Gasteiger partial charge in [0.1, 0.15) is 5.69 Å². The van der Waals surface area contributed by atoms with E-state index < -0.39 is 17.0 Å². The molecule has 0 unspecified atom stereocenters. The van der Waals surface area contributed by atoms with Crippen LogP contribution in [0, 0.1) is 10.1 Å². The van der Waals surface area contributed by atoms with E-state index in [1.54, 1.807) is 30.3 Å². The Hall–Kier alpha value is -2.93. The van der Waals surface area contributed by atoms with Gasteiger partial charge in [-0.2, -0.15) is 0 Å². The van der Waals surface area contributed by atoms with Crippen molar-refractivity contribution in [2.45, 2.75) is 25.9 Å². The third-order valence-corrected chi connectivity index (χ3v) is 4.89. The number of halogens is 1. The number of hydrogen-bond acceptors (Lipinski definition) is 6. The maximum Gasteiger partial charge on any atom is 0.339 e. The van der Waals surface area contributed by atoms with Crippen LogP contribution >= 0.6 is 11.6 Å². The maximum atomic E-state index is 12.4. The summed E-state index contributed by atoms with van der Waals surface area (Å²) in [6.45, 7) is 2.95. The van der Waals surface area contributed by atoms with E-state index in [0.717, 1.165) is 25.9 Å². The van der Waals surface area contributed by atoms with Gasteiger partial charge in [-0.3, -0.25) is 14.9 Å². The number of nitrogens with zero attached hydrogens (tertiary/aromatic N) is 2. The molecule has 0 radical (unpaired) electrons. The van der Waals surface area contributed by atoms with E-state index in [1.807, 2.05) is 4.90 Å². The molecule has 8 heteroatoms. The molecule has 1 atom stereocenters. The first-order valence-corrected chi connectivity index (χ1v) is 9.29. The van der Waals surface area contributed by atoms with E-state index in [2.05, 4.69) is 0 Å². The SMILES string of the molecule is C[C@@H](OC(=O)c1ccc(N2CCCC2)c([N+](=O)[O-])c1)C(=O)c1ccc(Cl)cc1. The molecule has 2 aromatic carbocycles. The number of esters is 1. The van der Waals surface area contributed by atoms with Crippen molar-refractivity contribution < 1.29 is 19.2 Å². The summed E-state index contributed by atoms with van der Waals surface area (Å²) in [4.78, 5) is 37.7. The third-order valence-electron chi connectivity index (χ3n) is 4.64. The lowest BCUT2D eigenvalue weighted by Gasteiger charge is -2.18. The van der Waals surface area contributed by atoms with Crippen LogP contribution in [0.1, 0.15) is 40.5 Å². The summed E-state index contributed by atoms with van der Waals surface area (Å²) < 4.78 is 5.23. The quantitative estimate of drug-likeness (QED) is 0.310. The first-order valence-electron chi connectivity index (χ1n) is 8.91. The molecule has 2 aromatic rings. The summed E-state index contributed by atoms with van der Waals surface area (Å²) >= 11 is 5.81. The summed E-state index contributed by atoms with van der Waals surface area (Å²) in [5.74, 6) is -1.17. The lowest BCUT2D eigenvalue weighted by atomic mass is 10.1. The molecule has 0 bridgehead atoms. The van der Waals surface area contributed by atoms with Crippen LogP contribution in [-0.2, 0) is 4.74 Å². The fraction of sp³-hybridized carbons (Fsp3) is 0.300. The van der Waals surface area contributed by atoms with Gasteiger partial charge in [-0.15, -0.1) is 0 Å². The predicted octanol–water partition coefficient (Wildman–Crippen LogP) is 4.28. The highest BCUT2D eigenvalue weighted by Crippen LogP contribution is 2.32. The number of ether oxygens (including phenoxy) is 1. The summed E-state index contributed by atoms with van der Waals surface area (Å²) in [6, 6.07) is 10.5. The fourth-order valence-corrected chi connectivity index (χ4v) is 3.28. The minimum absolute atomic E-state index is 0.0328. The second-order valence-electron chi connectivity index (χ2n) is 6.57. The van der Waals surface area contributed by atoms with Gasteiger partial charge in [-0.05, 0) is 56.2 Å². The summed E-state index contributed by atoms with van der Waals surface area (Å²) in [5, 5.41) is 12.0. The van der Waals surface area contributed by atoms with Crippen LogP contribution in [0.4, 0.5) is 11.4 Å². The molecule has 0 spiro atoms. The van der Waals surface area contributed by atoms with Crippen LogP contribution in [-0.4, -0.2) is 35.9 Å². The van der Waals surface area contributed by atoms with Crippen molar-refractivity contribution in [1.29, 1.82) is 0 Å². The summed E-state index contributed by atoms with van der Waals surface area (Å²) in [7, 11) is 0. The number of hydrogen-bond donors (Lipinski definition) is 0. The molecule has 1 saturated heterocycles. The first kappa shape index (κ1) is 19.8. The van der Waals surface area contributed by atoms with E-state index in [4.69, 9.17) is 16.3 Å². The van der Waals surface area contributed by atoms with Gasteiger partial charge in [0.15, 0.2) is 6.10 Å². The van der Waals surface area contributed by atoms with Crippen molar-refractivity contribution in [3.63, 3.8) is 0 Å². The number of nitro benzene ring substituents is 1. The normalized spacial score (nSPS) is 14.6. The van der Waals surface area contributed by atoms with Gasteiger partial charge in [0, 0.05) is 29.7 Å². The van der Waals surface area contributed by atoms with E-state index in [0.29, 0.717) is 16.3 Å². The fourth-order valence-electron chi connectivity index (χ4n) is 3.15. The second-order valence-corrected chi connectivity index (χ2v) is 7.01. The average molecular weight is 403 g/mol. The lowest BCUT2D eigenvalue weighted by molar-refractivity contribution is -0.384. The van der Waals surface area contributed by atoms with Crippen LogP contribution in [0.3, 0.4) is 0 Å².